The highest BCUT2D eigenvalue weighted by atomic mass is 35.5. The van der Waals surface area contributed by atoms with Crippen LogP contribution < -0.4 is 10.5 Å². The Labute approximate surface area is 138 Å². The van der Waals surface area contributed by atoms with Gasteiger partial charge < -0.3 is 4.90 Å². The number of rotatable bonds is 3. The van der Waals surface area contributed by atoms with Gasteiger partial charge in [-0.1, -0.05) is 16.8 Å². The van der Waals surface area contributed by atoms with Crippen molar-refractivity contribution in [1.82, 2.24) is 29.7 Å². The van der Waals surface area contributed by atoms with E-state index in [4.69, 9.17) is 11.6 Å². The molecule has 5 heterocycles. The lowest BCUT2D eigenvalue weighted by atomic mass is 9.87. The standard InChI is InChI=1S/C14H18ClN7O/c1-19-5-9(17-18-19)6-22-10-3-11(22)8-21(7-10)12-4-16-20(2)14(23)13(12)15/h4-5,10-11H,3,6-8H2,1-2H3. The van der Waals surface area contributed by atoms with E-state index in [1.54, 1.807) is 17.9 Å². The summed E-state index contributed by atoms with van der Waals surface area (Å²) < 4.78 is 2.99. The van der Waals surface area contributed by atoms with Gasteiger partial charge in [-0.3, -0.25) is 14.4 Å². The Balaban J connectivity index is 1.49. The molecule has 0 N–H and O–H groups in total. The Kier molecular flexibility index (Phi) is 3.38. The number of hydrogen-bond acceptors (Lipinski definition) is 6. The first kappa shape index (κ1) is 14.6. The highest BCUT2D eigenvalue weighted by Crippen LogP contribution is 2.36. The molecule has 3 aliphatic rings. The zero-order chi connectivity index (χ0) is 16.1. The molecule has 2 unspecified atom stereocenters. The minimum absolute atomic E-state index is 0.250. The van der Waals surface area contributed by atoms with Gasteiger partial charge in [0.1, 0.15) is 5.02 Å². The Hall–Kier alpha value is -1.93. The van der Waals surface area contributed by atoms with Crippen molar-refractivity contribution in [1.29, 1.82) is 0 Å². The topological polar surface area (TPSA) is 72.1 Å². The zero-order valence-electron chi connectivity index (χ0n) is 13.1. The molecule has 0 saturated carbocycles. The van der Waals surface area contributed by atoms with E-state index < -0.39 is 0 Å². The van der Waals surface area contributed by atoms with Crippen molar-refractivity contribution in [2.75, 3.05) is 18.0 Å². The monoisotopic (exact) mass is 335 g/mol. The molecule has 9 heteroatoms. The Morgan fingerprint density at radius 3 is 2.70 bits per heavy atom. The van der Waals surface area contributed by atoms with Crippen LogP contribution in [0.5, 0.6) is 0 Å². The molecule has 0 radical (unpaired) electrons. The molecule has 0 spiro atoms. The third-order valence-electron chi connectivity index (χ3n) is 4.74. The number of hydrogen-bond donors (Lipinski definition) is 0. The SMILES string of the molecule is Cn1cc(CN2C3CC2CN(c2cnn(C)c(=O)c2Cl)C3)nn1. The van der Waals surface area contributed by atoms with Crippen LogP contribution in [0.15, 0.2) is 17.2 Å². The van der Waals surface area contributed by atoms with Crippen molar-refractivity contribution in [3.8, 4) is 0 Å². The second-order valence-electron chi connectivity index (χ2n) is 6.28. The summed E-state index contributed by atoms with van der Waals surface area (Å²) in [5, 5.41) is 12.5. The molecule has 0 aliphatic carbocycles. The van der Waals surface area contributed by atoms with Crippen LogP contribution in [-0.4, -0.2) is 54.8 Å². The quantitative estimate of drug-likeness (QED) is 0.788. The smallest absolute Gasteiger partial charge is 0.287 e. The van der Waals surface area contributed by atoms with E-state index in [1.165, 1.54) is 11.1 Å². The molecule has 3 fully saturated rings. The van der Waals surface area contributed by atoms with Crippen molar-refractivity contribution in [2.45, 2.75) is 25.0 Å². The van der Waals surface area contributed by atoms with Crippen LogP contribution in [0.25, 0.3) is 0 Å². The Morgan fingerprint density at radius 1 is 1.30 bits per heavy atom. The fourth-order valence-corrected chi connectivity index (χ4v) is 3.81. The van der Waals surface area contributed by atoms with Crippen LogP contribution in [0.1, 0.15) is 12.1 Å². The average molecular weight is 336 g/mol. The van der Waals surface area contributed by atoms with E-state index in [0.29, 0.717) is 12.1 Å². The van der Waals surface area contributed by atoms with Gasteiger partial charge in [0.15, 0.2) is 0 Å². The summed E-state index contributed by atoms with van der Waals surface area (Å²) in [6.45, 7) is 2.52. The summed E-state index contributed by atoms with van der Waals surface area (Å²) in [6.07, 6.45) is 4.81. The summed E-state index contributed by atoms with van der Waals surface area (Å²) in [7, 11) is 3.48. The maximum absolute atomic E-state index is 11.9. The molecule has 122 valence electrons. The summed E-state index contributed by atoms with van der Waals surface area (Å²) in [4.78, 5) is 16.6. The van der Waals surface area contributed by atoms with Crippen LogP contribution in [-0.2, 0) is 20.6 Å². The normalized spacial score (nSPS) is 23.9. The number of piperazine rings is 1. The second-order valence-corrected chi connectivity index (χ2v) is 6.65. The fraction of sp³-hybridized carbons (Fsp3) is 0.571. The Bertz CT molecular complexity index is 789. The van der Waals surface area contributed by atoms with E-state index in [0.717, 1.165) is 31.0 Å². The van der Waals surface area contributed by atoms with E-state index in [-0.39, 0.29) is 10.6 Å². The van der Waals surface area contributed by atoms with Crippen molar-refractivity contribution in [3.05, 3.63) is 33.5 Å². The number of nitrogens with zero attached hydrogens (tertiary/aromatic N) is 7. The summed E-state index contributed by atoms with van der Waals surface area (Å²) >= 11 is 6.21. The lowest BCUT2D eigenvalue weighted by molar-refractivity contribution is -0.00948. The largest absolute Gasteiger partial charge is 0.366 e. The first-order valence-corrected chi connectivity index (χ1v) is 7.98. The van der Waals surface area contributed by atoms with Gasteiger partial charge in [-0.2, -0.15) is 5.10 Å². The molecule has 0 amide bonds. The number of halogens is 1. The van der Waals surface area contributed by atoms with E-state index in [9.17, 15) is 4.79 Å². The van der Waals surface area contributed by atoms with Gasteiger partial charge in [0.25, 0.3) is 5.56 Å². The van der Waals surface area contributed by atoms with Crippen molar-refractivity contribution in [2.24, 2.45) is 14.1 Å². The van der Waals surface area contributed by atoms with Gasteiger partial charge in [-0.15, -0.1) is 5.10 Å². The van der Waals surface area contributed by atoms with Crippen LogP contribution in [0, 0.1) is 0 Å². The molecule has 2 bridgehead atoms. The summed E-state index contributed by atoms with van der Waals surface area (Å²) in [6, 6.07) is 0.909. The van der Waals surface area contributed by atoms with Crippen molar-refractivity contribution >= 4 is 17.3 Å². The van der Waals surface area contributed by atoms with Gasteiger partial charge in [0, 0.05) is 52.0 Å². The molecule has 2 aromatic heterocycles. The number of aryl methyl sites for hydroxylation is 2. The molecule has 5 rings (SSSR count). The van der Waals surface area contributed by atoms with Crippen LogP contribution >= 0.6 is 11.6 Å². The molecule has 3 saturated heterocycles. The number of anilines is 1. The van der Waals surface area contributed by atoms with Gasteiger partial charge >= 0.3 is 0 Å². The molecule has 23 heavy (non-hydrogen) atoms. The molecule has 8 nitrogen and oxygen atoms in total. The highest BCUT2D eigenvalue weighted by molar-refractivity contribution is 6.33. The molecular weight excluding hydrogens is 318 g/mol. The number of fused-ring (bicyclic) bond motifs is 2. The number of aromatic nitrogens is 5. The first-order chi connectivity index (χ1) is 11.0. The molecule has 2 atom stereocenters. The predicted octanol–water partition coefficient (Wildman–Crippen LogP) is 0.0253. The van der Waals surface area contributed by atoms with Crippen LogP contribution in [0.3, 0.4) is 0 Å². The summed E-state index contributed by atoms with van der Waals surface area (Å²) in [5.41, 5.74) is 1.48. The first-order valence-electron chi connectivity index (χ1n) is 7.60. The van der Waals surface area contributed by atoms with Crippen molar-refractivity contribution in [3.63, 3.8) is 0 Å². The lowest BCUT2D eigenvalue weighted by Gasteiger charge is -2.56. The van der Waals surface area contributed by atoms with Gasteiger partial charge in [-0.05, 0) is 6.42 Å². The lowest BCUT2D eigenvalue weighted by Crippen LogP contribution is -2.68. The van der Waals surface area contributed by atoms with Gasteiger partial charge in [0.05, 0.1) is 17.6 Å². The molecule has 0 aromatic carbocycles. The van der Waals surface area contributed by atoms with E-state index in [1.807, 2.05) is 13.2 Å². The fourth-order valence-electron chi connectivity index (χ4n) is 3.52. The number of piperidine rings is 1. The van der Waals surface area contributed by atoms with E-state index in [2.05, 4.69) is 25.2 Å². The highest BCUT2D eigenvalue weighted by Gasteiger charge is 2.45. The minimum atomic E-state index is -0.250. The van der Waals surface area contributed by atoms with Crippen LogP contribution in [0.4, 0.5) is 5.69 Å². The third-order valence-corrected chi connectivity index (χ3v) is 5.09. The molecular formula is C14H18ClN7O. The van der Waals surface area contributed by atoms with Gasteiger partial charge in [0.2, 0.25) is 0 Å². The maximum atomic E-state index is 11.9. The maximum Gasteiger partial charge on any atom is 0.287 e. The van der Waals surface area contributed by atoms with E-state index >= 15 is 0 Å². The third kappa shape index (κ3) is 2.42. The Morgan fingerprint density at radius 2 is 2.04 bits per heavy atom. The zero-order valence-corrected chi connectivity index (χ0v) is 13.8. The van der Waals surface area contributed by atoms with Crippen molar-refractivity contribution < 1.29 is 0 Å². The average Bonchev–Trinajstić information content (AvgIpc) is 2.96. The predicted molar refractivity (Wildman–Crippen MR) is 85.4 cm³/mol. The summed E-state index contributed by atoms with van der Waals surface area (Å²) in [5.74, 6) is 0. The second kappa shape index (κ2) is 5.31. The van der Waals surface area contributed by atoms with Gasteiger partial charge in [-0.25, -0.2) is 4.68 Å². The van der Waals surface area contributed by atoms with Crippen LogP contribution in [0.2, 0.25) is 5.02 Å². The molecule has 3 aliphatic heterocycles. The minimum Gasteiger partial charge on any atom is -0.366 e. The molecule has 2 aromatic rings.